The molecule has 1 aromatic rings. The lowest BCUT2D eigenvalue weighted by Gasteiger charge is -2.09. The summed E-state index contributed by atoms with van der Waals surface area (Å²) in [5.41, 5.74) is 0.401. The minimum Gasteiger partial charge on any atom is -0.485 e. The first kappa shape index (κ1) is 9.45. The molecule has 1 rings (SSSR count). The molecule has 0 aliphatic rings. The fraction of sp³-hybridized carbons (Fsp3) is 0.200. The molecule has 0 aliphatic heterocycles. The van der Waals surface area contributed by atoms with Crippen molar-refractivity contribution in [2.45, 2.75) is 13.0 Å². The van der Waals surface area contributed by atoms with Crippen LogP contribution in [0.4, 0.5) is 0 Å². The highest BCUT2D eigenvalue weighted by Crippen LogP contribution is 2.10. The molecule has 0 radical (unpaired) electrons. The molecule has 0 aliphatic carbocycles. The zero-order chi connectivity index (χ0) is 9.68. The first-order valence-corrected chi connectivity index (χ1v) is 3.96. The van der Waals surface area contributed by atoms with Crippen molar-refractivity contribution in [1.29, 1.82) is 0 Å². The molecular weight excluding hydrogens is 166 g/mol. The van der Waals surface area contributed by atoms with Gasteiger partial charge in [-0.05, 0) is 19.1 Å². The SMILES string of the molecule is C=CC(C)Oc1ccc(C=O)nc1. The van der Waals surface area contributed by atoms with Crippen LogP contribution in [0.5, 0.6) is 5.75 Å². The first-order valence-electron chi connectivity index (χ1n) is 3.96. The van der Waals surface area contributed by atoms with Crippen LogP contribution in [-0.4, -0.2) is 17.4 Å². The van der Waals surface area contributed by atoms with Gasteiger partial charge < -0.3 is 4.74 Å². The van der Waals surface area contributed by atoms with E-state index in [0.29, 0.717) is 17.7 Å². The number of nitrogens with zero attached hydrogens (tertiary/aromatic N) is 1. The Labute approximate surface area is 77.1 Å². The Kier molecular flexibility index (Phi) is 3.20. The van der Waals surface area contributed by atoms with Crippen molar-refractivity contribution < 1.29 is 9.53 Å². The molecule has 0 aromatic carbocycles. The van der Waals surface area contributed by atoms with Crippen molar-refractivity contribution in [2.24, 2.45) is 0 Å². The zero-order valence-corrected chi connectivity index (χ0v) is 7.43. The predicted molar refractivity (Wildman–Crippen MR) is 49.9 cm³/mol. The van der Waals surface area contributed by atoms with E-state index >= 15 is 0 Å². The van der Waals surface area contributed by atoms with Gasteiger partial charge in [-0.3, -0.25) is 4.79 Å². The van der Waals surface area contributed by atoms with Gasteiger partial charge in [0.1, 0.15) is 17.5 Å². The minimum atomic E-state index is -0.0520. The highest BCUT2D eigenvalue weighted by atomic mass is 16.5. The second-order valence-electron chi connectivity index (χ2n) is 2.60. The molecule has 0 spiro atoms. The van der Waals surface area contributed by atoms with Crippen LogP contribution < -0.4 is 4.74 Å². The van der Waals surface area contributed by atoms with Crippen LogP contribution in [0.25, 0.3) is 0 Å². The molecule has 1 atom stereocenters. The number of rotatable bonds is 4. The average Bonchev–Trinajstić information content (AvgIpc) is 2.19. The van der Waals surface area contributed by atoms with E-state index < -0.39 is 0 Å². The summed E-state index contributed by atoms with van der Waals surface area (Å²) in [6.45, 7) is 5.46. The number of ether oxygens (including phenoxy) is 1. The summed E-state index contributed by atoms with van der Waals surface area (Å²) < 4.78 is 5.37. The van der Waals surface area contributed by atoms with Crippen molar-refractivity contribution in [1.82, 2.24) is 4.98 Å². The van der Waals surface area contributed by atoms with Gasteiger partial charge in [-0.1, -0.05) is 12.7 Å². The van der Waals surface area contributed by atoms with Crippen molar-refractivity contribution >= 4 is 6.29 Å². The molecule has 1 aromatic heterocycles. The highest BCUT2D eigenvalue weighted by Gasteiger charge is 1.98. The number of hydrogen-bond acceptors (Lipinski definition) is 3. The lowest BCUT2D eigenvalue weighted by atomic mass is 10.3. The molecule has 0 amide bonds. The van der Waals surface area contributed by atoms with Crippen molar-refractivity contribution in [3.05, 3.63) is 36.7 Å². The van der Waals surface area contributed by atoms with Crippen molar-refractivity contribution in [3.8, 4) is 5.75 Å². The number of aldehydes is 1. The Hall–Kier alpha value is -1.64. The third kappa shape index (κ3) is 2.71. The largest absolute Gasteiger partial charge is 0.485 e. The summed E-state index contributed by atoms with van der Waals surface area (Å²) in [5, 5.41) is 0. The van der Waals surface area contributed by atoms with Crippen LogP contribution in [0.2, 0.25) is 0 Å². The molecule has 1 unspecified atom stereocenters. The van der Waals surface area contributed by atoms with Crippen LogP contribution in [-0.2, 0) is 0 Å². The fourth-order valence-electron chi connectivity index (χ4n) is 0.794. The summed E-state index contributed by atoms with van der Waals surface area (Å²) in [7, 11) is 0. The van der Waals surface area contributed by atoms with Crippen LogP contribution in [0.15, 0.2) is 31.0 Å². The van der Waals surface area contributed by atoms with Gasteiger partial charge in [-0.25, -0.2) is 4.98 Å². The van der Waals surface area contributed by atoms with E-state index in [9.17, 15) is 4.79 Å². The van der Waals surface area contributed by atoms with Crippen LogP contribution in [0, 0.1) is 0 Å². The molecule has 0 fully saturated rings. The summed E-state index contributed by atoms with van der Waals surface area (Å²) in [6, 6.07) is 3.31. The molecule has 0 bridgehead atoms. The lowest BCUT2D eigenvalue weighted by molar-refractivity contribution is 0.111. The fourth-order valence-corrected chi connectivity index (χ4v) is 0.794. The minimum absolute atomic E-state index is 0.0520. The monoisotopic (exact) mass is 177 g/mol. The van der Waals surface area contributed by atoms with E-state index in [1.54, 1.807) is 18.2 Å². The van der Waals surface area contributed by atoms with E-state index in [1.165, 1.54) is 6.20 Å². The maximum atomic E-state index is 10.3. The Morgan fingerprint density at radius 3 is 2.85 bits per heavy atom. The molecule has 0 saturated carbocycles. The number of carbonyl (C=O) groups excluding carboxylic acids is 1. The first-order chi connectivity index (χ1) is 6.26. The zero-order valence-electron chi connectivity index (χ0n) is 7.43. The van der Waals surface area contributed by atoms with Gasteiger partial charge >= 0.3 is 0 Å². The standard InChI is InChI=1S/C10H11NO2/c1-3-8(2)13-10-5-4-9(7-12)11-6-10/h3-8H,1H2,2H3. The number of hydrogen-bond donors (Lipinski definition) is 0. The summed E-state index contributed by atoms with van der Waals surface area (Å²) in [4.78, 5) is 14.1. The predicted octanol–water partition coefficient (Wildman–Crippen LogP) is 1.85. The van der Waals surface area contributed by atoms with E-state index in [0.717, 1.165) is 0 Å². The smallest absolute Gasteiger partial charge is 0.168 e. The topological polar surface area (TPSA) is 39.2 Å². The van der Waals surface area contributed by atoms with Crippen molar-refractivity contribution in [3.63, 3.8) is 0 Å². The quantitative estimate of drug-likeness (QED) is 0.520. The average molecular weight is 177 g/mol. The lowest BCUT2D eigenvalue weighted by Crippen LogP contribution is -2.07. The molecule has 0 N–H and O–H groups in total. The summed E-state index contributed by atoms with van der Waals surface area (Å²) in [6.07, 6.45) is 3.85. The van der Waals surface area contributed by atoms with Gasteiger partial charge in [-0.15, -0.1) is 0 Å². The van der Waals surface area contributed by atoms with Gasteiger partial charge in [-0.2, -0.15) is 0 Å². The Morgan fingerprint density at radius 2 is 2.38 bits per heavy atom. The third-order valence-electron chi connectivity index (χ3n) is 1.53. The molecule has 3 nitrogen and oxygen atoms in total. The van der Waals surface area contributed by atoms with Gasteiger partial charge in [0, 0.05) is 0 Å². The van der Waals surface area contributed by atoms with E-state index in [1.807, 2.05) is 6.92 Å². The Morgan fingerprint density at radius 1 is 1.62 bits per heavy atom. The maximum absolute atomic E-state index is 10.3. The van der Waals surface area contributed by atoms with Crippen molar-refractivity contribution in [2.75, 3.05) is 0 Å². The normalized spacial score (nSPS) is 11.8. The van der Waals surface area contributed by atoms with Gasteiger partial charge in [0.05, 0.1) is 6.20 Å². The molecule has 1 heterocycles. The molecule has 13 heavy (non-hydrogen) atoms. The van der Waals surface area contributed by atoms with E-state index in [4.69, 9.17) is 4.74 Å². The molecule has 3 heteroatoms. The van der Waals surface area contributed by atoms with Gasteiger partial charge in [0.15, 0.2) is 6.29 Å². The Balaban J connectivity index is 2.69. The summed E-state index contributed by atoms with van der Waals surface area (Å²) >= 11 is 0. The van der Waals surface area contributed by atoms with Gasteiger partial charge in [0.25, 0.3) is 0 Å². The van der Waals surface area contributed by atoms with Crippen LogP contribution >= 0.6 is 0 Å². The molecular formula is C10H11NO2. The number of pyridine rings is 1. The second-order valence-corrected chi connectivity index (χ2v) is 2.60. The van der Waals surface area contributed by atoms with E-state index in [2.05, 4.69) is 11.6 Å². The number of aromatic nitrogens is 1. The molecule has 0 saturated heterocycles. The van der Waals surface area contributed by atoms with Gasteiger partial charge in [0.2, 0.25) is 0 Å². The Bertz CT molecular complexity index is 292. The summed E-state index contributed by atoms with van der Waals surface area (Å²) in [5.74, 6) is 0.637. The van der Waals surface area contributed by atoms with Crippen LogP contribution in [0.3, 0.4) is 0 Å². The highest BCUT2D eigenvalue weighted by molar-refractivity contribution is 5.71. The van der Waals surface area contributed by atoms with Crippen LogP contribution in [0.1, 0.15) is 17.4 Å². The third-order valence-corrected chi connectivity index (χ3v) is 1.53. The number of carbonyl (C=O) groups is 1. The maximum Gasteiger partial charge on any atom is 0.168 e. The van der Waals surface area contributed by atoms with E-state index in [-0.39, 0.29) is 6.10 Å². The molecule has 68 valence electrons. The second kappa shape index (κ2) is 4.40.